The summed E-state index contributed by atoms with van der Waals surface area (Å²) in [6.45, 7) is 17.7. The molecule has 0 aromatic rings. The molecule has 0 fully saturated rings. The molecule has 126 valence electrons. The van der Waals surface area contributed by atoms with Gasteiger partial charge in [-0.2, -0.15) is 0 Å². The predicted octanol–water partition coefficient (Wildman–Crippen LogP) is 3.04. The van der Waals surface area contributed by atoms with Gasteiger partial charge in [0, 0.05) is 32.3 Å². The molecule has 0 unspecified atom stereocenters. The molecule has 0 saturated carbocycles. The van der Waals surface area contributed by atoms with Gasteiger partial charge in [0.15, 0.2) is 0 Å². The van der Waals surface area contributed by atoms with Gasteiger partial charge in [-0.1, -0.05) is 0 Å². The number of nitrogens with zero attached hydrogens (tertiary/aromatic N) is 1. The van der Waals surface area contributed by atoms with Crippen LogP contribution in [0.3, 0.4) is 0 Å². The molecule has 0 bridgehead atoms. The van der Waals surface area contributed by atoms with Crippen molar-refractivity contribution in [1.82, 2.24) is 10.2 Å². The Morgan fingerprint density at radius 2 is 1.57 bits per heavy atom. The number of hydrogen-bond acceptors (Lipinski definition) is 4. The molecule has 0 aliphatic carbocycles. The van der Waals surface area contributed by atoms with Crippen molar-refractivity contribution in [2.45, 2.75) is 72.1 Å². The standard InChI is InChI=1S/C16H34N2O3/c1-14(2,3)18(13(19)21-15(4,5)6)11-10-17-12-16(7,8)20-9/h17H,10-12H2,1-9H3. The number of amides is 1. The summed E-state index contributed by atoms with van der Waals surface area (Å²) in [7, 11) is 1.70. The van der Waals surface area contributed by atoms with Gasteiger partial charge in [-0.3, -0.25) is 0 Å². The van der Waals surface area contributed by atoms with E-state index in [4.69, 9.17) is 9.47 Å². The van der Waals surface area contributed by atoms with Crippen molar-refractivity contribution >= 4 is 6.09 Å². The molecule has 0 radical (unpaired) electrons. The normalized spacial score (nSPS) is 13.2. The summed E-state index contributed by atoms with van der Waals surface area (Å²) in [6, 6.07) is 0. The third-order valence-corrected chi connectivity index (χ3v) is 3.04. The number of carbonyl (C=O) groups excluding carboxylic acids is 1. The molecule has 1 N–H and O–H groups in total. The molecule has 0 aliphatic heterocycles. The number of rotatable bonds is 6. The largest absolute Gasteiger partial charge is 0.444 e. The van der Waals surface area contributed by atoms with Crippen molar-refractivity contribution in [1.29, 1.82) is 0 Å². The Balaban J connectivity index is 4.50. The molecule has 0 atom stereocenters. The highest BCUT2D eigenvalue weighted by Gasteiger charge is 2.30. The molecule has 1 amide bonds. The molecule has 0 heterocycles. The van der Waals surface area contributed by atoms with Crippen LogP contribution in [0.4, 0.5) is 4.79 Å². The zero-order valence-electron chi connectivity index (χ0n) is 15.3. The van der Waals surface area contributed by atoms with Gasteiger partial charge in [-0.05, 0) is 55.4 Å². The van der Waals surface area contributed by atoms with Crippen LogP contribution < -0.4 is 5.32 Å². The van der Waals surface area contributed by atoms with Crippen molar-refractivity contribution in [2.75, 3.05) is 26.7 Å². The van der Waals surface area contributed by atoms with Gasteiger partial charge in [-0.15, -0.1) is 0 Å². The third kappa shape index (κ3) is 8.94. The molecular weight excluding hydrogens is 268 g/mol. The van der Waals surface area contributed by atoms with Crippen LogP contribution in [0, 0.1) is 0 Å². The summed E-state index contributed by atoms with van der Waals surface area (Å²) < 4.78 is 10.8. The lowest BCUT2D eigenvalue weighted by Gasteiger charge is -2.37. The molecule has 0 rings (SSSR count). The first-order valence-corrected chi connectivity index (χ1v) is 7.55. The number of hydrogen-bond donors (Lipinski definition) is 1. The summed E-state index contributed by atoms with van der Waals surface area (Å²) >= 11 is 0. The Labute approximate surface area is 130 Å². The minimum absolute atomic E-state index is 0.210. The highest BCUT2D eigenvalue weighted by Crippen LogP contribution is 2.18. The molecule has 0 aromatic heterocycles. The second kappa shape index (κ2) is 7.45. The van der Waals surface area contributed by atoms with E-state index < -0.39 is 5.60 Å². The van der Waals surface area contributed by atoms with Crippen molar-refractivity contribution in [3.05, 3.63) is 0 Å². The first kappa shape index (κ1) is 20.2. The van der Waals surface area contributed by atoms with Crippen LogP contribution in [-0.4, -0.2) is 54.5 Å². The highest BCUT2D eigenvalue weighted by atomic mass is 16.6. The molecule has 5 heteroatoms. The van der Waals surface area contributed by atoms with Gasteiger partial charge in [0.2, 0.25) is 0 Å². The maximum Gasteiger partial charge on any atom is 0.410 e. The summed E-state index contributed by atoms with van der Waals surface area (Å²) in [5.41, 5.74) is -0.967. The van der Waals surface area contributed by atoms with Gasteiger partial charge >= 0.3 is 6.09 Å². The smallest absolute Gasteiger partial charge is 0.410 e. The van der Waals surface area contributed by atoms with E-state index in [0.717, 1.165) is 6.54 Å². The fourth-order valence-corrected chi connectivity index (χ4v) is 1.67. The molecule has 0 aliphatic rings. The van der Waals surface area contributed by atoms with E-state index in [1.807, 2.05) is 55.4 Å². The minimum Gasteiger partial charge on any atom is -0.444 e. The highest BCUT2D eigenvalue weighted by molar-refractivity contribution is 5.69. The van der Waals surface area contributed by atoms with E-state index in [0.29, 0.717) is 13.1 Å². The second-order valence-electron chi connectivity index (χ2n) is 7.94. The summed E-state index contributed by atoms with van der Waals surface area (Å²) in [6.07, 6.45) is -0.275. The van der Waals surface area contributed by atoms with Gasteiger partial charge in [0.1, 0.15) is 5.60 Å². The molecular formula is C16H34N2O3. The molecule has 5 nitrogen and oxygen atoms in total. The van der Waals surface area contributed by atoms with Crippen LogP contribution in [-0.2, 0) is 9.47 Å². The Hall–Kier alpha value is -0.810. The van der Waals surface area contributed by atoms with E-state index in [2.05, 4.69) is 5.32 Å². The Morgan fingerprint density at radius 1 is 1.05 bits per heavy atom. The zero-order valence-corrected chi connectivity index (χ0v) is 15.3. The van der Waals surface area contributed by atoms with Crippen molar-refractivity contribution in [3.63, 3.8) is 0 Å². The fraction of sp³-hybridized carbons (Fsp3) is 0.938. The van der Waals surface area contributed by atoms with Gasteiger partial charge in [0.05, 0.1) is 5.60 Å². The quantitative estimate of drug-likeness (QED) is 0.766. The van der Waals surface area contributed by atoms with E-state index >= 15 is 0 Å². The minimum atomic E-state index is -0.480. The molecule has 21 heavy (non-hydrogen) atoms. The SMILES string of the molecule is COC(C)(C)CNCCN(C(=O)OC(C)(C)C)C(C)(C)C. The van der Waals surface area contributed by atoms with Crippen LogP contribution in [0.1, 0.15) is 55.4 Å². The second-order valence-corrected chi connectivity index (χ2v) is 7.94. The first-order chi connectivity index (χ1) is 9.28. The maximum atomic E-state index is 12.3. The lowest BCUT2D eigenvalue weighted by Crippen LogP contribution is -2.51. The van der Waals surface area contributed by atoms with Crippen molar-refractivity contribution in [3.8, 4) is 0 Å². The summed E-state index contributed by atoms with van der Waals surface area (Å²) in [5, 5.41) is 3.32. The van der Waals surface area contributed by atoms with Crippen molar-refractivity contribution in [2.24, 2.45) is 0 Å². The Bertz CT molecular complexity index is 327. The van der Waals surface area contributed by atoms with Crippen LogP contribution in [0.15, 0.2) is 0 Å². The van der Waals surface area contributed by atoms with E-state index in [-0.39, 0.29) is 17.2 Å². The number of carbonyl (C=O) groups is 1. The zero-order chi connectivity index (χ0) is 16.9. The molecule has 0 spiro atoms. The van der Waals surface area contributed by atoms with Crippen LogP contribution in [0.5, 0.6) is 0 Å². The Kier molecular flexibility index (Phi) is 7.16. The average Bonchev–Trinajstić information content (AvgIpc) is 2.24. The van der Waals surface area contributed by atoms with Gasteiger partial charge in [0.25, 0.3) is 0 Å². The van der Waals surface area contributed by atoms with Gasteiger partial charge < -0.3 is 19.7 Å². The number of ether oxygens (including phenoxy) is 2. The van der Waals surface area contributed by atoms with Crippen LogP contribution in [0.2, 0.25) is 0 Å². The lowest BCUT2D eigenvalue weighted by molar-refractivity contribution is 0.00478. The Morgan fingerprint density at radius 3 is 1.95 bits per heavy atom. The number of nitrogens with one attached hydrogen (secondary N) is 1. The molecule has 0 aromatic carbocycles. The number of methoxy groups -OCH3 is 1. The lowest BCUT2D eigenvalue weighted by atomic mass is 10.1. The fourth-order valence-electron chi connectivity index (χ4n) is 1.67. The monoisotopic (exact) mass is 302 g/mol. The maximum absolute atomic E-state index is 12.3. The predicted molar refractivity (Wildman–Crippen MR) is 86.7 cm³/mol. The molecule has 0 saturated heterocycles. The van der Waals surface area contributed by atoms with Crippen molar-refractivity contribution < 1.29 is 14.3 Å². The summed E-state index contributed by atoms with van der Waals surface area (Å²) in [5.74, 6) is 0. The van der Waals surface area contributed by atoms with E-state index in [9.17, 15) is 4.79 Å². The van der Waals surface area contributed by atoms with E-state index in [1.165, 1.54) is 0 Å². The van der Waals surface area contributed by atoms with Crippen LogP contribution in [0.25, 0.3) is 0 Å². The first-order valence-electron chi connectivity index (χ1n) is 7.55. The summed E-state index contributed by atoms with van der Waals surface area (Å²) in [4.78, 5) is 14.1. The third-order valence-electron chi connectivity index (χ3n) is 3.04. The van der Waals surface area contributed by atoms with Gasteiger partial charge in [-0.25, -0.2) is 4.79 Å². The van der Waals surface area contributed by atoms with E-state index in [1.54, 1.807) is 12.0 Å². The topological polar surface area (TPSA) is 50.8 Å². The average molecular weight is 302 g/mol. The van der Waals surface area contributed by atoms with Crippen LogP contribution >= 0.6 is 0 Å².